The minimum atomic E-state index is 0.159. The molecule has 1 aliphatic carbocycles. The molecular weight excluding hydrogens is 202 g/mol. The molecule has 0 spiro atoms. The van der Waals surface area contributed by atoms with E-state index in [2.05, 4.69) is 33.0 Å². The topological polar surface area (TPSA) is 12.0 Å². The maximum atomic E-state index is 5.51. The molecular formula is C13H25NS. The highest BCUT2D eigenvalue weighted by Gasteiger charge is 2.27. The Kier molecular flexibility index (Phi) is 4.57. The molecule has 0 saturated heterocycles. The third kappa shape index (κ3) is 3.44. The van der Waals surface area contributed by atoms with E-state index in [0.717, 1.165) is 17.3 Å². The lowest BCUT2D eigenvalue weighted by atomic mass is 9.84. The minimum Gasteiger partial charge on any atom is -0.376 e. The molecule has 2 atom stereocenters. The van der Waals surface area contributed by atoms with Crippen molar-refractivity contribution in [3.63, 3.8) is 0 Å². The lowest BCUT2D eigenvalue weighted by Gasteiger charge is -2.34. The predicted octanol–water partition coefficient (Wildman–Crippen LogP) is 3.92. The summed E-state index contributed by atoms with van der Waals surface area (Å²) >= 11 is 5.51. The third-order valence-corrected chi connectivity index (χ3v) is 4.60. The predicted molar refractivity (Wildman–Crippen MR) is 71.2 cm³/mol. The molecule has 1 nitrogen and oxygen atoms in total. The first-order valence-electron chi connectivity index (χ1n) is 6.28. The smallest absolute Gasteiger partial charge is 0.0812 e. The van der Waals surface area contributed by atoms with Gasteiger partial charge in [-0.1, -0.05) is 52.8 Å². The Labute approximate surface area is 100 Å². The third-order valence-electron chi connectivity index (χ3n) is 3.93. The molecule has 1 fully saturated rings. The monoisotopic (exact) mass is 227 g/mol. The van der Waals surface area contributed by atoms with Crippen LogP contribution in [0.5, 0.6) is 0 Å². The van der Waals surface area contributed by atoms with Gasteiger partial charge in [-0.05, 0) is 25.2 Å². The summed E-state index contributed by atoms with van der Waals surface area (Å²) in [5, 5.41) is 3.59. The zero-order chi connectivity index (χ0) is 11.5. The molecule has 2 heteroatoms. The van der Waals surface area contributed by atoms with E-state index in [9.17, 15) is 0 Å². The van der Waals surface area contributed by atoms with Crippen molar-refractivity contribution in [1.29, 1.82) is 0 Å². The molecule has 1 N–H and O–H groups in total. The molecule has 0 bridgehead atoms. The quantitative estimate of drug-likeness (QED) is 0.733. The Hall–Kier alpha value is -0.110. The van der Waals surface area contributed by atoms with Crippen LogP contribution in [0.1, 0.15) is 59.8 Å². The Bertz CT molecular complexity index is 223. The minimum absolute atomic E-state index is 0.159. The van der Waals surface area contributed by atoms with Crippen molar-refractivity contribution < 1.29 is 0 Å². The van der Waals surface area contributed by atoms with E-state index in [0.29, 0.717) is 6.04 Å². The Balaban J connectivity index is 2.50. The molecule has 0 aromatic carbocycles. The first kappa shape index (κ1) is 13.0. The summed E-state index contributed by atoms with van der Waals surface area (Å²) in [7, 11) is 0. The van der Waals surface area contributed by atoms with Crippen LogP contribution in [0.25, 0.3) is 0 Å². The van der Waals surface area contributed by atoms with Gasteiger partial charge in [-0.2, -0.15) is 0 Å². The average molecular weight is 227 g/mol. The maximum Gasteiger partial charge on any atom is 0.0812 e. The highest BCUT2D eigenvalue weighted by Crippen LogP contribution is 2.27. The molecule has 1 saturated carbocycles. The van der Waals surface area contributed by atoms with Gasteiger partial charge in [-0.3, -0.25) is 0 Å². The first-order chi connectivity index (χ1) is 6.97. The van der Waals surface area contributed by atoms with E-state index in [4.69, 9.17) is 12.2 Å². The fraction of sp³-hybridized carbons (Fsp3) is 0.923. The fourth-order valence-electron chi connectivity index (χ4n) is 2.06. The van der Waals surface area contributed by atoms with Gasteiger partial charge in [0.25, 0.3) is 0 Å². The SMILES string of the molecule is CCC(C)(C)C(=S)NC1CCCCC1C. The van der Waals surface area contributed by atoms with Gasteiger partial charge in [-0.25, -0.2) is 0 Å². The van der Waals surface area contributed by atoms with Crippen molar-refractivity contribution in [3.05, 3.63) is 0 Å². The van der Waals surface area contributed by atoms with Gasteiger partial charge in [-0.15, -0.1) is 0 Å². The van der Waals surface area contributed by atoms with Crippen LogP contribution in [0.2, 0.25) is 0 Å². The number of nitrogens with one attached hydrogen (secondary N) is 1. The van der Waals surface area contributed by atoms with Gasteiger partial charge in [0.1, 0.15) is 0 Å². The molecule has 1 rings (SSSR count). The summed E-state index contributed by atoms with van der Waals surface area (Å²) in [4.78, 5) is 1.06. The van der Waals surface area contributed by atoms with Crippen LogP contribution in [0.4, 0.5) is 0 Å². The fourth-order valence-corrected chi connectivity index (χ4v) is 2.35. The van der Waals surface area contributed by atoms with Crippen molar-refractivity contribution in [1.82, 2.24) is 5.32 Å². The lowest BCUT2D eigenvalue weighted by Crippen LogP contribution is -2.45. The molecule has 88 valence electrons. The highest BCUT2D eigenvalue weighted by molar-refractivity contribution is 7.80. The van der Waals surface area contributed by atoms with Crippen molar-refractivity contribution in [2.45, 2.75) is 65.8 Å². The number of hydrogen-bond donors (Lipinski definition) is 1. The van der Waals surface area contributed by atoms with Crippen LogP contribution < -0.4 is 5.32 Å². The van der Waals surface area contributed by atoms with Crippen LogP contribution in [-0.2, 0) is 0 Å². The van der Waals surface area contributed by atoms with Crippen LogP contribution >= 0.6 is 12.2 Å². The van der Waals surface area contributed by atoms with Gasteiger partial charge in [0, 0.05) is 11.5 Å². The summed E-state index contributed by atoms with van der Waals surface area (Å²) in [6.45, 7) is 9.02. The first-order valence-corrected chi connectivity index (χ1v) is 6.69. The molecule has 0 aromatic rings. The van der Waals surface area contributed by atoms with Crippen molar-refractivity contribution in [2.24, 2.45) is 11.3 Å². The Morgan fingerprint density at radius 1 is 1.33 bits per heavy atom. The highest BCUT2D eigenvalue weighted by atomic mass is 32.1. The molecule has 15 heavy (non-hydrogen) atoms. The summed E-state index contributed by atoms with van der Waals surface area (Å²) in [5.74, 6) is 0.782. The standard InChI is InChI=1S/C13H25NS/c1-5-13(3,4)12(15)14-11-9-7-6-8-10(11)2/h10-11H,5-9H2,1-4H3,(H,14,15). The van der Waals surface area contributed by atoms with Crippen molar-refractivity contribution in [3.8, 4) is 0 Å². The van der Waals surface area contributed by atoms with Crippen molar-refractivity contribution >= 4 is 17.2 Å². The Morgan fingerprint density at radius 3 is 2.47 bits per heavy atom. The molecule has 0 heterocycles. The number of rotatable bonds is 3. The molecule has 0 aromatic heterocycles. The van der Waals surface area contributed by atoms with Crippen molar-refractivity contribution in [2.75, 3.05) is 0 Å². The van der Waals surface area contributed by atoms with Gasteiger partial charge in [0.2, 0.25) is 0 Å². The van der Waals surface area contributed by atoms with Gasteiger partial charge in [0.05, 0.1) is 4.99 Å². The van der Waals surface area contributed by atoms with E-state index in [-0.39, 0.29) is 5.41 Å². The van der Waals surface area contributed by atoms with E-state index in [1.54, 1.807) is 0 Å². The second-order valence-electron chi connectivity index (χ2n) is 5.58. The van der Waals surface area contributed by atoms with Crippen LogP contribution in [0.3, 0.4) is 0 Å². The maximum absolute atomic E-state index is 5.51. The molecule has 0 radical (unpaired) electrons. The zero-order valence-corrected chi connectivity index (χ0v) is 11.4. The van der Waals surface area contributed by atoms with Crippen LogP contribution in [0, 0.1) is 11.3 Å². The summed E-state index contributed by atoms with van der Waals surface area (Å²) in [6, 6.07) is 0.622. The largest absolute Gasteiger partial charge is 0.376 e. The molecule has 0 amide bonds. The normalized spacial score (nSPS) is 27.5. The van der Waals surface area contributed by atoms with Gasteiger partial charge < -0.3 is 5.32 Å². The second-order valence-corrected chi connectivity index (χ2v) is 5.99. The molecule has 2 unspecified atom stereocenters. The van der Waals surface area contributed by atoms with E-state index in [1.165, 1.54) is 25.7 Å². The average Bonchev–Trinajstić information content (AvgIpc) is 2.21. The number of hydrogen-bond acceptors (Lipinski definition) is 1. The van der Waals surface area contributed by atoms with Gasteiger partial charge in [0.15, 0.2) is 0 Å². The Morgan fingerprint density at radius 2 is 1.93 bits per heavy atom. The summed E-state index contributed by atoms with van der Waals surface area (Å²) in [5.41, 5.74) is 0.159. The summed E-state index contributed by atoms with van der Waals surface area (Å²) < 4.78 is 0. The van der Waals surface area contributed by atoms with E-state index < -0.39 is 0 Å². The lowest BCUT2D eigenvalue weighted by molar-refractivity contribution is 0.302. The second kappa shape index (κ2) is 5.29. The molecule has 0 aliphatic heterocycles. The van der Waals surface area contributed by atoms with Crippen LogP contribution in [-0.4, -0.2) is 11.0 Å². The number of thiocarbonyl (C=S) groups is 1. The van der Waals surface area contributed by atoms with E-state index >= 15 is 0 Å². The van der Waals surface area contributed by atoms with E-state index in [1.807, 2.05) is 0 Å². The van der Waals surface area contributed by atoms with Gasteiger partial charge >= 0.3 is 0 Å². The molecule has 1 aliphatic rings. The van der Waals surface area contributed by atoms with Crippen LogP contribution in [0.15, 0.2) is 0 Å². The summed E-state index contributed by atoms with van der Waals surface area (Å²) in [6.07, 6.45) is 6.51. The zero-order valence-electron chi connectivity index (χ0n) is 10.6.